The number of ether oxygens (including phenoxy) is 3. The number of fused-ring (bicyclic) bond motifs is 1. The Labute approximate surface area is 173 Å². The molecule has 0 aliphatic carbocycles. The van der Waals surface area contributed by atoms with Crippen LogP contribution in [0.25, 0.3) is 21.9 Å². The molecule has 0 spiro atoms. The summed E-state index contributed by atoms with van der Waals surface area (Å²) in [5.74, 6) is -0.180. The molecule has 0 heterocycles. The van der Waals surface area contributed by atoms with Crippen LogP contribution < -0.4 is 9.47 Å². The highest BCUT2D eigenvalue weighted by atomic mass is 16.7. The molecule has 0 N–H and O–H groups in total. The molecule has 0 aliphatic rings. The summed E-state index contributed by atoms with van der Waals surface area (Å²) < 4.78 is 15.5. The van der Waals surface area contributed by atoms with E-state index in [1.165, 1.54) is 19.2 Å². The first-order chi connectivity index (χ1) is 14.7. The molecule has 0 atom stereocenters. The molecule has 0 saturated heterocycles. The molecule has 0 radical (unpaired) electrons. The average molecular weight is 398 g/mol. The van der Waals surface area contributed by atoms with E-state index in [-0.39, 0.29) is 11.3 Å². The number of carbonyl (C=O) groups excluding carboxylic acids is 2. The van der Waals surface area contributed by atoms with Crippen molar-refractivity contribution in [2.75, 3.05) is 7.11 Å². The fourth-order valence-corrected chi connectivity index (χ4v) is 3.27. The molecule has 0 bridgehead atoms. The smallest absolute Gasteiger partial charge is 0.465 e. The van der Waals surface area contributed by atoms with Gasteiger partial charge in [0.25, 0.3) is 0 Å². The Bertz CT molecular complexity index is 1220. The summed E-state index contributed by atoms with van der Waals surface area (Å²) in [6.07, 6.45) is -0.945. The summed E-state index contributed by atoms with van der Waals surface area (Å²) in [5.41, 5.74) is 1.83. The predicted molar refractivity (Wildman–Crippen MR) is 114 cm³/mol. The van der Waals surface area contributed by atoms with Crippen LogP contribution in [0.5, 0.6) is 11.5 Å². The molecule has 30 heavy (non-hydrogen) atoms. The van der Waals surface area contributed by atoms with E-state index >= 15 is 0 Å². The van der Waals surface area contributed by atoms with E-state index < -0.39 is 12.1 Å². The normalized spacial score (nSPS) is 10.4. The zero-order valence-electron chi connectivity index (χ0n) is 16.2. The number of benzene rings is 4. The second-order valence-electron chi connectivity index (χ2n) is 6.46. The van der Waals surface area contributed by atoms with Crippen LogP contribution in [0, 0.1) is 0 Å². The van der Waals surface area contributed by atoms with Gasteiger partial charge >= 0.3 is 12.1 Å². The number of hydrogen-bond acceptors (Lipinski definition) is 5. The lowest BCUT2D eigenvalue weighted by Gasteiger charge is -2.13. The Balaban J connectivity index is 1.65. The van der Waals surface area contributed by atoms with Gasteiger partial charge in [0, 0.05) is 5.56 Å². The molecule has 0 aromatic heterocycles. The Morgan fingerprint density at radius 3 is 2.07 bits per heavy atom. The molecule has 5 heteroatoms. The minimum atomic E-state index is -0.945. The summed E-state index contributed by atoms with van der Waals surface area (Å²) in [7, 11) is 1.26. The fraction of sp³-hybridized carbons (Fsp3) is 0.0400. The van der Waals surface area contributed by atoms with Crippen LogP contribution in [0.3, 0.4) is 0 Å². The van der Waals surface area contributed by atoms with E-state index in [0.29, 0.717) is 5.75 Å². The first kappa shape index (κ1) is 19.2. The third kappa shape index (κ3) is 3.86. The van der Waals surface area contributed by atoms with Crippen molar-refractivity contribution < 1.29 is 23.8 Å². The predicted octanol–water partition coefficient (Wildman–Crippen LogP) is 5.87. The molecule has 0 fully saturated rings. The molecule has 0 unspecified atom stereocenters. The third-order valence-corrected chi connectivity index (χ3v) is 4.65. The molecule has 0 saturated carbocycles. The van der Waals surface area contributed by atoms with Gasteiger partial charge in [0.05, 0.1) is 7.11 Å². The number of para-hydroxylation sites is 2. The third-order valence-electron chi connectivity index (χ3n) is 4.65. The van der Waals surface area contributed by atoms with Crippen molar-refractivity contribution in [3.63, 3.8) is 0 Å². The summed E-state index contributed by atoms with van der Waals surface area (Å²) in [6.45, 7) is 0. The number of hydrogen-bond donors (Lipinski definition) is 0. The molecule has 4 rings (SSSR count). The topological polar surface area (TPSA) is 61.8 Å². The van der Waals surface area contributed by atoms with Crippen LogP contribution in [0.2, 0.25) is 0 Å². The van der Waals surface area contributed by atoms with Gasteiger partial charge in [-0.05, 0) is 34.5 Å². The molecule has 148 valence electrons. The number of esters is 1. The monoisotopic (exact) mass is 398 g/mol. The minimum absolute atomic E-state index is 0.0667. The first-order valence-electron chi connectivity index (χ1n) is 9.31. The highest BCUT2D eigenvalue weighted by Crippen LogP contribution is 2.35. The van der Waals surface area contributed by atoms with Crippen molar-refractivity contribution in [1.82, 2.24) is 0 Å². The Morgan fingerprint density at radius 2 is 1.23 bits per heavy atom. The van der Waals surface area contributed by atoms with Gasteiger partial charge in [-0.1, -0.05) is 72.8 Å². The molecule has 0 amide bonds. The van der Waals surface area contributed by atoms with E-state index in [9.17, 15) is 9.59 Å². The van der Waals surface area contributed by atoms with Crippen LogP contribution in [-0.4, -0.2) is 19.2 Å². The Morgan fingerprint density at radius 1 is 0.633 bits per heavy atom. The van der Waals surface area contributed by atoms with Gasteiger partial charge in [0.2, 0.25) is 0 Å². The number of methoxy groups -OCH3 is 1. The number of rotatable bonds is 4. The van der Waals surface area contributed by atoms with Crippen molar-refractivity contribution in [3.8, 4) is 22.6 Å². The van der Waals surface area contributed by atoms with Gasteiger partial charge < -0.3 is 14.2 Å². The molecular formula is C25H18O5. The van der Waals surface area contributed by atoms with Crippen LogP contribution >= 0.6 is 0 Å². The van der Waals surface area contributed by atoms with Gasteiger partial charge in [-0.15, -0.1) is 0 Å². The lowest BCUT2D eigenvalue weighted by Crippen LogP contribution is -2.16. The van der Waals surface area contributed by atoms with Gasteiger partial charge in [0.15, 0.2) is 0 Å². The Hall–Kier alpha value is -4.12. The van der Waals surface area contributed by atoms with Gasteiger partial charge in [-0.25, -0.2) is 9.59 Å². The summed E-state index contributed by atoms with van der Waals surface area (Å²) in [6, 6.07) is 27.5. The van der Waals surface area contributed by atoms with E-state index in [1.54, 1.807) is 24.3 Å². The average Bonchev–Trinajstić information content (AvgIpc) is 2.79. The fourth-order valence-electron chi connectivity index (χ4n) is 3.27. The maximum absolute atomic E-state index is 12.5. The van der Waals surface area contributed by atoms with Crippen molar-refractivity contribution in [2.45, 2.75) is 0 Å². The van der Waals surface area contributed by atoms with Crippen molar-refractivity contribution in [2.24, 2.45) is 0 Å². The summed E-state index contributed by atoms with van der Waals surface area (Å²) in [4.78, 5) is 24.4. The largest absolute Gasteiger partial charge is 0.519 e. The van der Waals surface area contributed by atoms with Crippen molar-refractivity contribution in [3.05, 3.63) is 96.6 Å². The van der Waals surface area contributed by atoms with E-state index in [4.69, 9.17) is 14.2 Å². The van der Waals surface area contributed by atoms with Crippen molar-refractivity contribution in [1.29, 1.82) is 0 Å². The molecular weight excluding hydrogens is 380 g/mol. The van der Waals surface area contributed by atoms with Gasteiger partial charge in [0.1, 0.15) is 17.1 Å². The van der Waals surface area contributed by atoms with E-state index in [2.05, 4.69) is 0 Å². The first-order valence-corrected chi connectivity index (χ1v) is 9.31. The second-order valence-corrected chi connectivity index (χ2v) is 6.46. The van der Waals surface area contributed by atoms with Crippen molar-refractivity contribution >= 4 is 22.9 Å². The highest BCUT2D eigenvalue weighted by Gasteiger charge is 2.18. The minimum Gasteiger partial charge on any atom is -0.465 e. The SMILES string of the molecule is COC(=O)c1ccccc1OC(=O)Oc1ccccc1-c1cccc2ccccc12. The lowest BCUT2D eigenvalue weighted by molar-refractivity contribution is 0.0597. The molecule has 5 nitrogen and oxygen atoms in total. The molecule has 0 aliphatic heterocycles. The summed E-state index contributed by atoms with van der Waals surface area (Å²) in [5, 5.41) is 2.12. The molecule has 4 aromatic carbocycles. The standard InChI is InChI=1S/C25H18O5/c1-28-24(26)21-13-5-7-16-23(21)30-25(27)29-22-15-6-4-12-20(22)19-14-8-10-17-9-2-3-11-18(17)19/h2-16H,1H3. The summed E-state index contributed by atoms with van der Waals surface area (Å²) >= 11 is 0. The van der Waals surface area contributed by atoms with Crippen LogP contribution in [-0.2, 0) is 4.74 Å². The maximum Gasteiger partial charge on any atom is 0.519 e. The molecule has 4 aromatic rings. The van der Waals surface area contributed by atoms with Crippen LogP contribution in [0.15, 0.2) is 91.0 Å². The quantitative estimate of drug-likeness (QED) is 0.318. The van der Waals surface area contributed by atoms with E-state index in [0.717, 1.165) is 21.9 Å². The van der Waals surface area contributed by atoms with Crippen LogP contribution in [0.4, 0.5) is 4.79 Å². The highest BCUT2D eigenvalue weighted by molar-refractivity contribution is 5.98. The Kier molecular flexibility index (Phi) is 5.44. The maximum atomic E-state index is 12.5. The zero-order chi connectivity index (χ0) is 20.9. The van der Waals surface area contributed by atoms with E-state index in [1.807, 2.05) is 54.6 Å². The lowest BCUT2D eigenvalue weighted by atomic mass is 9.98. The van der Waals surface area contributed by atoms with Crippen LogP contribution in [0.1, 0.15) is 10.4 Å². The zero-order valence-corrected chi connectivity index (χ0v) is 16.2. The second kappa shape index (κ2) is 8.49. The van der Waals surface area contributed by atoms with Gasteiger partial charge in [-0.2, -0.15) is 0 Å². The van der Waals surface area contributed by atoms with Gasteiger partial charge in [-0.3, -0.25) is 0 Å². The number of carbonyl (C=O) groups is 2.